The van der Waals surface area contributed by atoms with Crippen LogP contribution in [0.25, 0.3) is 0 Å². The molecule has 734 valence electrons. The van der Waals surface area contributed by atoms with E-state index in [9.17, 15) is 48.3 Å². The highest BCUT2D eigenvalue weighted by atomic mass is 32.2. The molecule has 0 spiro atoms. The Bertz CT molecular complexity index is 4160. The number of benzene rings is 2. The minimum absolute atomic E-state index is 0.0876. The van der Waals surface area contributed by atoms with Gasteiger partial charge in [-0.05, 0) is 185 Å². The highest BCUT2D eigenvalue weighted by Crippen LogP contribution is 2.66. The van der Waals surface area contributed by atoms with Crippen LogP contribution in [0.4, 0.5) is 15.3 Å². The average molecular weight is 1860 g/mol. The Morgan fingerprint density at radius 2 is 1.29 bits per heavy atom. The van der Waals surface area contributed by atoms with Gasteiger partial charge in [0.2, 0.25) is 41.4 Å². The van der Waals surface area contributed by atoms with Gasteiger partial charge in [-0.3, -0.25) is 48.2 Å². The number of anilines is 1. The number of nitrogens with two attached hydrogens (primary N) is 1. The van der Waals surface area contributed by atoms with Gasteiger partial charge in [-0.1, -0.05) is 223 Å². The summed E-state index contributed by atoms with van der Waals surface area (Å²) in [6.45, 7) is 28.6. The number of methoxy groups -OCH3 is 2. The highest BCUT2D eigenvalue weighted by molar-refractivity contribution is 8.04. The normalized spacial score (nSPS) is 22.6. The predicted molar refractivity (Wildman–Crippen MR) is 524 cm³/mol. The number of carbonyl (C=O) groups excluding carboxylic acids is 10. The zero-order valence-corrected chi connectivity index (χ0v) is 84.4. The number of likely N-dealkylation sites (tertiary alicyclic amines) is 1. The molecule has 28 heteroatoms. The van der Waals surface area contributed by atoms with Crippen molar-refractivity contribution >= 4 is 88.6 Å². The lowest BCUT2D eigenvalue weighted by Crippen LogP contribution is -2.60. The van der Waals surface area contributed by atoms with E-state index in [1.165, 1.54) is 139 Å². The number of thioether (sulfide) groups is 2. The summed E-state index contributed by atoms with van der Waals surface area (Å²) in [4.78, 5) is 150. The van der Waals surface area contributed by atoms with E-state index in [-0.39, 0.29) is 83.8 Å². The molecule has 1 saturated heterocycles. The van der Waals surface area contributed by atoms with Crippen LogP contribution in [0.2, 0.25) is 0 Å². The second-order valence-corrected chi connectivity index (χ2v) is 42.6. The van der Waals surface area contributed by atoms with Crippen LogP contribution < -0.4 is 43.0 Å². The number of aliphatic hydroxyl groups excluding tert-OH is 1. The molecular weight excluding hydrogens is 1690 g/mol. The Hall–Kier alpha value is -7.53. The predicted octanol–water partition coefficient (Wildman–Crippen LogP) is 17.6. The lowest BCUT2D eigenvalue weighted by molar-refractivity contribution is -0.148. The number of hydrogen-bond donors (Lipinski definition) is 9. The summed E-state index contributed by atoms with van der Waals surface area (Å²) < 4.78 is 18.4. The Balaban J connectivity index is 0.806. The molecule has 3 fully saturated rings. The zero-order chi connectivity index (χ0) is 95.8. The molecule has 5 aliphatic rings. The number of unbranched alkanes of at least 4 members (excludes halogenated alkanes) is 5. The molecule has 2 saturated carbocycles. The van der Waals surface area contributed by atoms with E-state index >= 15 is 4.79 Å². The average Bonchev–Trinajstić information content (AvgIpc) is 1.56. The molecule has 26 nitrogen and oxygen atoms in total. The fourth-order valence-electron chi connectivity index (χ4n) is 21.5. The van der Waals surface area contributed by atoms with Crippen molar-refractivity contribution in [2.45, 2.75) is 396 Å². The van der Waals surface area contributed by atoms with E-state index < -0.39 is 114 Å². The van der Waals surface area contributed by atoms with Crippen LogP contribution in [0, 0.1) is 41.4 Å². The molecule has 3 aliphatic carbocycles. The van der Waals surface area contributed by atoms with Crippen LogP contribution in [-0.2, 0) is 65.9 Å². The van der Waals surface area contributed by atoms with E-state index in [0.29, 0.717) is 92.1 Å². The summed E-state index contributed by atoms with van der Waals surface area (Å²) in [6, 6.07) is 10.0. The highest BCUT2D eigenvalue weighted by Gasteiger charge is 2.62. The summed E-state index contributed by atoms with van der Waals surface area (Å²) in [7, 11) is 6.19. The number of primary amides is 1. The largest absolute Gasteiger partial charge is 0.445 e. The Labute approximate surface area is 793 Å². The maximum Gasteiger partial charge on any atom is 0.410 e. The fraction of sp³-hybridized carbons (Fsp3) is 0.738. The van der Waals surface area contributed by atoms with E-state index in [2.05, 4.69) is 94.5 Å². The van der Waals surface area contributed by atoms with Crippen molar-refractivity contribution in [3.05, 3.63) is 93.8 Å². The molecule has 4 bridgehead atoms. The SMILES string of the molecule is CCCCCC12SCc3cc(C(=O)NCCCCCC(=O)N[C@H](C(=O)N[C@@H](CCCNC(N)=O)C(=O)Nc4ccc(COC(=O)N(C)C(C(=O)N[C@H](C(=O)N(C)[C@@H]([C@@H](C)CC)[C@@H](CC(=O)N5CCC[C@H]5[C@H](OC)[C@@H](C)C(=O)N[C@H](C)[C@@H](O)c5cccc6c5C(CCCC)CC6C)OC)C(C)C)C(C)C)cc4)C(C)C)cc(n3)CSC1(C)C1CCCCCCCCCCCCC2C1. The van der Waals surface area contributed by atoms with Gasteiger partial charge < -0.3 is 72.1 Å². The monoisotopic (exact) mass is 1860 g/mol. The summed E-state index contributed by atoms with van der Waals surface area (Å²) in [5, 5.41) is 32.3. The first-order chi connectivity index (χ1) is 62.6. The van der Waals surface area contributed by atoms with Gasteiger partial charge in [0.25, 0.3) is 5.91 Å². The number of rotatable bonds is 46. The summed E-state index contributed by atoms with van der Waals surface area (Å²) in [5.41, 5.74) is 12.2. The molecule has 3 heterocycles. The molecule has 11 amide bonds. The minimum atomic E-state index is -1.11. The van der Waals surface area contributed by atoms with Gasteiger partial charge in [-0.25, -0.2) is 9.59 Å². The molecule has 3 aromatic rings. The van der Waals surface area contributed by atoms with Crippen LogP contribution >= 0.6 is 23.5 Å². The quantitative estimate of drug-likeness (QED) is 0.0237. The number of likely N-dealkylation sites (N-methyl/N-ethyl adjacent to an activating group) is 2. The van der Waals surface area contributed by atoms with Crippen molar-refractivity contribution in [3.8, 4) is 0 Å². The van der Waals surface area contributed by atoms with Crippen molar-refractivity contribution in [2.75, 3.05) is 53.3 Å². The maximum atomic E-state index is 15.0. The summed E-state index contributed by atoms with van der Waals surface area (Å²) >= 11 is 4.30. The number of nitrogens with one attached hydrogen (secondary N) is 7. The van der Waals surface area contributed by atoms with Crippen molar-refractivity contribution in [1.82, 2.24) is 51.6 Å². The molecule has 8 rings (SSSR count). The van der Waals surface area contributed by atoms with Crippen LogP contribution in [0.3, 0.4) is 0 Å². The van der Waals surface area contributed by atoms with Crippen LogP contribution in [0.5, 0.6) is 0 Å². The van der Waals surface area contributed by atoms with Crippen molar-refractivity contribution in [2.24, 2.45) is 47.2 Å². The lowest BCUT2D eigenvalue weighted by Gasteiger charge is -2.49. The molecule has 2 aliphatic heterocycles. The number of aromatic nitrogens is 1. The smallest absolute Gasteiger partial charge is 0.410 e. The second-order valence-electron chi connectivity index (χ2n) is 39.9. The third-order valence-corrected chi connectivity index (χ3v) is 33.1. The summed E-state index contributed by atoms with van der Waals surface area (Å²) in [6.07, 6.45) is 27.5. The fourth-order valence-corrected chi connectivity index (χ4v) is 25.2. The first-order valence-electron chi connectivity index (χ1n) is 50.1. The van der Waals surface area contributed by atoms with E-state index in [1.54, 1.807) is 82.8 Å². The van der Waals surface area contributed by atoms with Gasteiger partial charge in [0.05, 0.1) is 60.2 Å². The third-order valence-electron chi connectivity index (χ3n) is 29.3. The number of aliphatic hydroxyl groups is 1. The molecule has 1 aromatic heterocycles. The van der Waals surface area contributed by atoms with Gasteiger partial charge in [0.1, 0.15) is 30.8 Å². The van der Waals surface area contributed by atoms with Crippen LogP contribution in [0.15, 0.2) is 54.6 Å². The Morgan fingerprint density at radius 1 is 0.649 bits per heavy atom. The van der Waals surface area contributed by atoms with Crippen molar-refractivity contribution in [3.63, 3.8) is 0 Å². The number of pyridine rings is 1. The maximum absolute atomic E-state index is 15.0. The van der Waals surface area contributed by atoms with E-state index in [0.717, 1.165) is 54.1 Å². The standard InChI is InChI=1S/C103H166N12O14S2/c1-19-22-36-53-103-76-43-34-31-29-27-25-24-26-28-30-33-42-75(60-76)102(103,14)130-63-78-58-74(59-79(108-78)64-131-103)95(120)105-54-37-32-35-48-85(116)111-88(65(4)5)97(122)110-82(46-39-55-106-100(104)125)96(121)109-77-51-49-72(50-52-77)62-129-101(126)114(16)90(67(8)9)98(123)112-89(66(6)7)99(124)113(15)91(68(10)21-3)84(127-17)61-86(117)115-56-40-47-83(115)93(128-18)70(12)94(119)107-71(13)92(118)81-45-38-44-80-69(11)57-73(87(80)81)41-23-20-2/h38,44-45,49-52,58-59,65-71,73,75-76,82-84,88-93,118H,19-37,39-43,46-48,53-57,60-64H2,1-18H3,(H,105,120)(H,107,119)(H,109,121)(H,110,122)(H,111,116)(H,112,123)(H3,104,106,125)/t68-,69?,70+,71+,73?,75?,76?,82-,83-,84+,88-,89-,90?,91-,92+,93+,102?,103?/m0/s1. The van der Waals surface area contributed by atoms with Crippen molar-refractivity contribution in [1.29, 1.82) is 0 Å². The lowest BCUT2D eigenvalue weighted by atomic mass is 9.79. The number of ether oxygens (including phenoxy) is 3. The topological polar surface area (TPSA) is 351 Å². The molecule has 18 atom stereocenters. The Morgan fingerprint density at radius 3 is 1.91 bits per heavy atom. The first-order valence-corrected chi connectivity index (χ1v) is 52.1. The second kappa shape index (κ2) is 53.7. The van der Waals surface area contributed by atoms with E-state index in [1.807, 2.05) is 58.9 Å². The number of fused-ring (bicyclic) bond motifs is 8. The number of carbonyl (C=O) groups is 10. The number of nitrogens with zero attached hydrogens (tertiary/aromatic N) is 4. The third kappa shape index (κ3) is 30.0. The molecule has 131 heavy (non-hydrogen) atoms. The molecular formula is C103H166N12O14S2. The van der Waals surface area contributed by atoms with Gasteiger partial charge >= 0.3 is 12.1 Å². The molecule has 10 N–H and O–H groups in total. The number of hydrogen-bond acceptors (Lipinski definition) is 17. The number of amides is 11. The van der Waals surface area contributed by atoms with Crippen LogP contribution in [0.1, 0.15) is 358 Å². The number of urea groups is 1. The van der Waals surface area contributed by atoms with Gasteiger partial charge in [-0.15, -0.1) is 23.5 Å². The molecule has 0 radical (unpaired) electrons. The van der Waals surface area contributed by atoms with E-state index in [4.69, 9.17) is 24.9 Å². The Kier molecular flexibility index (Phi) is 44.6. The van der Waals surface area contributed by atoms with Gasteiger partial charge in [0, 0.05) is 86.6 Å². The molecule has 2 aromatic carbocycles. The first kappa shape index (κ1) is 109. The summed E-state index contributed by atoms with van der Waals surface area (Å²) in [5.74, 6) is -1.55. The zero-order valence-electron chi connectivity index (χ0n) is 82.8. The minimum Gasteiger partial charge on any atom is -0.445 e. The van der Waals surface area contributed by atoms with Crippen LogP contribution in [-0.4, -0.2) is 196 Å². The van der Waals surface area contributed by atoms with Gasteiger partial charge in [0.15, 0.2) is 0 Å². The van der Waals surface area contributed by atoms with Gasteiger partial charge in [-0.2, -0.15) is 0 Å². The molecule has 7 unspecified atom stereocenters. The van der Waals surface area contributed by atoms with Crippen molar-refractivity contribution < 1.29 is 67.3 Å².